The van der Waals surface area contributed by atoms with E-state index in [1.165, 1.54) is 24.0 Å². The maximum absolute atomic E-state index is 5.44. The van der Waals surface area contributed by atoms with Gasteiger partial charge in [-0.25, -0.2) is 0 Å². The van der Waals surface area contributed by atoms with E-state index >= 15 is 0 Å². The van der Waals surface area contributed by atoms with E-state index in [1.54, 1.807) is 14.2 Å². The maximum Gasteiger partial charge on any atom is 0.191 e. The Hall–Kier alpha value is -2.00. The molecule has 0 saturated carbocycles. The summed E-state index contributed by atoms with van der Waals surface area (Å²) in [5.74, 6) is 2.64. The normalized spacial score (nSPS) is 15.1. The van der Waals surface area contributed by atoms with Crippen LogP contribution in [-0.4, -0.2) is 58.3 Å². The fourth-order valence-corrected chi connectivity index (χ4v) is 4.00. The maximum atomic E-state index is 5.44. The van der Waals surface area contributed by atoms with Gasteiger partial charge >= 0.3 is 0 Å². The number of benzene rings is 2. The molecule has 1 atom stereocenters. The molecule has 1 heterocycles. The second-order valence-electron chi connectivity index (χ2n) is 7.48. The van der Waals surface area contributed by atoms with Crippen molar-refractivity contribution in [3.05, 3.63) is 59.7 Å². The summed E-state index contributed by atoms with van der Waals surface area (Å²) in [4.78, 5) is 6.95. The molecular formula is C24H35IN4O2. The second kappa shape index (κ2) is 13.4. The monoisotopic (exact) mass is 538 g/mol. The zero-order valence-corrected chi connectivity index (χ0v) is 21.1. The van der Waals surface area contributed by atoms with Gasteiger partial charge in [0.25, 0.3) is 0 Å². The van der Waals surface area contributed by atoms with Gasteiger partial charge in [0.05, 0.1) is 20.3 Å². The summed E-state index contributed by atoms with van der Waals surface area (Å²) in [6.45, 7) is 3.84. The van der Waals surface area contributed by atoms with E-state index in [4.69, 9.17) is 9.47 Å². The molecule has 1 aliphatic rings. The Morgan fingerprint density at radius 1 is 1.03 bits per heavy atom. The highest BCUT2D eigenvalue weighted by Crippen LogP contribution is 2.27. The zero-order valence-electron chi connectivity index (χ0n) is 18.8. The van der Waals surface area contributed by atoms with Crippen LogP contribution in [-0.2, 0) is 6.42 Å². The van der Waals surface area contributed by atoms with E-state index in [0.717, 1.165) is 50.1 Å². The number of hydrogen-bond acceptors (Lipinski definition) is 4. The molecule has 1 fully saturated rings. The molecule has 0 aromatic heterocycles. The Labute approximate surface area is 203 Å². The molecule has 6 nitrogen and oxygen atoms in total. The highest BCUT2D eigenvalue weighted by molar-refractivity contribution is 14.0. The first-order chi connectivity index (χ1) is 14.7. The second-order valence-corrected chi connectivity index (χ2v) is 7.48. The number of nitrogens with one attached hydrogen (secondary N) is 2. The van der Waals surface area contributed by atoms with E-state index in [-0.39, 0.29) is 30.0 Å². The first-order valence-corrected chi connectivity index (χ1v) is 10.7. The molecule has 2 aromatic carbocycles. The molecule has 1 unspecified atom stereocenters. The van der Waals surface area contributed by atoms with Crippen molar-refractivity contribution in [2.75, 3.05) is 47.4 Å². The number of halogens is 1. The Bertz CT molecular complexity index is 825. The summed E-state index contributed by atoms with van der Waals surface area (Å²) in [7, 11) is 5.24. The van der Waals surface area contributed by atoms with Gasteiger partial charge in [-0.3, -0.25) is 9.89 Å². The number of ether oxygens (including phenoxy) is 2. The molecule has 7 heteroatoms. The van der Waals surface area contributed by atoms with Crippen molar-refractivity contribution in [2.24, 2.45) is 4.99 Å². The highest BCUT2D eigenvalue weighted by atomic mass is 127. The molecule has 0 radical (unpaired) electrons. The topological polar surface area (TPSA) is 58.1 Å². The minimum atomic E-state index is 0. The van der Waals surface area contributed by atoms with Gasteiger partial charge in [-0.1, -0.05) is 30.3 Å². The van der Waals surface area contributed by atoms with Crippen LogP contribution in [0.5, 0.6) is 11.5 Å². The van der Waals surface area contributed by atoms with Crippen molar-refractivity contribution in [3.63, 3.8) is 0 Å². The minimum Gasteiger partial charge on any atom is -0.497 e. The number of nitrogens with zero attached hydrogens (tertiary/aromatic N) is 2. The molecule has 0 amide bonds. The van der Waals surface area contributed by atoms with Gasteiger partial charge in [0, 0.05) is 20.1 Å². The van der Waals surface area contributed by atoms with Crippen molar-refractivity contribution in [2.45, 2.75) is 25.3 Å². The Morgan fingerprint density at radius 3 is 2.52 bits per heavy atom. The smallest absolute Gasteiger partial charge is 0.191 e. The zero-order chi connectivity index (χ0) is 21.2. The SMILES string of the molecule is CN=C(NCCc1ccccc1OC)NCC(c1cccc(OC)c1)N1CCCC1.I. The first kappa shape index (κ1) is 25.3. The van der Waals surface area contributed by atoms with E-state index in [9.17, 15) is 0 Å². The lowest BCUT2D eigenvalue weighted by Crippen LogP contribution is -2.43. The third-order valence-electron chi connectivity index (χ3n) is 5.63. The summed E-state index contributed by atoms with van der Waals surface area (Å²) in [6, 6.07) is 16.8. The third kappa shape index (κ3) is 7.28. The molecule has 3 rings (SSSR count). The van der Waals surface area contributed by atoms with Crippen LogP contribution in [0.1, 0.15) is 30.0 Å². The molecule has 170 valence electrons. The van der Waals surface area contributed by atoms with Gasteiger partial charge in [-0.05, 0) is 61.7 Å². The molecule has 1 saturated heterocycles. The highest BCUT2D eigenvalue weighted by Gasteiger charge is 2.24. The van der Waals surface area contributed by atoms with Crippen LogP contribution in [0.25, 0.3) is 0 Å². The summed E-state index contributed by atoms with van der Waals surface area (Å²) < 4.78 is 10.9. The molecule has 31 heavy (non-hydrogen) atoms. The molecule has 0 spiro atoms. The average Bonchev–Trinajstić information content (AvgIpc) is 3.33. The van der Waals surface area contributed by atoms with Crippen LogP contribution in [0.3, 0.4) is 0 Å². The number of aliphatic imine (C=N–C) groups is 1. The number of rotatable bonds is 9. The van der Waals surface area contributed by atoms with Crippen LogP contribution >= 0.6 is 24.0 Å². The number of para-hydroxylation sites is 1. The van der Waals surface area contributed by atoms with Gasteiger partial charge in [0.15, 0.2) is 5.96 Å². The number of likely N-dealkylation sites (tertiary alicyclic amines) is 1. The van der Waals surface area contributed by atoms with Crippen LogP contribution in [0.2, 0.25) is 0 Å². The Kier molecular flexibility index (Phi) is 10.9. The lowest BCUT2D eigenvalue weighted by Gasteiger charge is -2.29. The van der Waals surface area contributed by atoms with Crippen molar-refractivity contribution >= 4 is 29.9 Å². The molecule has 2 N–H and O–H groups in total. The molecule has 0 bridgehead atoms. The first-order valence-electron chi connectivity index (χ1n) is 10.7. The molecule has 0 aliphatic carbocycles. The van der Waals surface area contributed by atoms with E-state index in [0.29, 0.717) is 0 Å². The molecular weight excluding hydrogens is 503 g/mol. The van der Waals surface area contributed by atoms with Gasteiger partial charge in [0.1, 0.15) is 11.5 Å². The van der Waals surface area contributed by atoms with Crippen LogP contribution in [0.4, 0.5) is 0 Å². The summed E-state index contributed by atoms with van der Waals surface area (Å²) in [5, 5.41) is 6.95. The van der Waals surface area contributed by atoms with Crippen molar-refractivity contribution in [1.82, 2.24) is 15.5 Å². The average molecular weight is 538 g/mol. The molecule has 2 aromatic rings. The van der Waals surface area contributed by atoms with Gasteiger partial charge in [-0.15, -0.1) is 24.0 Å². The fraction of sp³-hybridized carbons (Fsp3) is 0.458. The van der Waals surface area contributed by atoms with Crippen LogP contribution < -0.4 is 20.1 Å². The predicted octanol–water partition coefficient (Wildman–Crippen LogP) is 3.87. The third-order valence-corrected chi connectivity index (χ3v) is 5.63. The quantitative estimate of drug-likeness (QED) is 0.289. The van der Waals surface area contributed by atoms with Gasteiger partial charge < -0.3 is 20.1 Å². The summed E-state index contributed by atoms with van der Waals surface area (Å²) in [5.41, 5.74) is 2.46. The van der Waals surface area contributed by atoms with Gasteiger partial charge in [-0.2, -0.15) is 0 Å². The number of hydrogen-bond donors (Lipinski definition) is 2. The van der Waals surface area contributed by atoms with Crippen molar-refractivity contribution in [3.8, 4) is 11.5 Å². The number of guanidine groups is 1. The largest absolute Gasteiger partial charge is 0.497 e. The fourth-order valence-electron chi connectivity index (χ4n) is 4.00. The van der Waals surface area contributed by atoms with Crippen LogP contribution in [0, 0.1) is 0 Å². The minimum absolute atomic E-state index is 0. The lowest BCUT2D eigenvalue weighted by atomic mass is 10.1. The summed E-state index contributed by atoms with van der Waals surface area (Å²) in [6.07, 6.45) is 3.38. The lowest BCUT2D eigenvalue weighted by molar-refractivity contribution is 0.245. The van der Waals surface area contributed by atoms with Crippen molar-refractivity contribution in [1.29, 1.82) is 0 Å². The Balaban J connectivity index is 0.00000341. The van der Waals surface area contributed by atoms with E-state index < -0.39 is 0 Å². The summed E-state index contributed by atoms with van der Waals surface area (Å²) >= 11 is 0. The van der Waals surface area contributed by atoms with Crippen LogP contribution in [0.15, 0.2) is 53.5 Å². The number of methoxy groups -OCH3 is 2. The standard InChI is InChI=1S/C24H34N4O2.HI/c1-25-24(26-14-13-19-9-4-5-12-23(19)30-3)27-18-22(28-15-6-7-16-28)20-10-8-11-21(17-20)29-2;/h4-5,8-12,17,22H,6-7,13-16,18H2,1-3H3,(H2,25,26,27);1H. The molecule has 1 aliphatic heterocycles. The van der Waals surface area contributed by atoms with E-state index in [1.807, 2.05) is 31.3 Å². The van der Waals surface area contributed by atoms with E-state index in [2.05, 4.69) is 44.8 Å². The van der Waals surface area contributed by atoms with Gasteiger partial charge in [0.2, 0.25) is 0 Å². The van der Waals surface area contributed by atoms with Crippen molar-refractivity contribution < 1.29 is 9.47 Å². The predicted molar refractivity (Wildman–Crippen MR) is 138 cm³/mol. The Morgan fingerprint density at radius 2 is 1.81 bits per heavy atom.